The Bertz CT molecular complexity index is 1060. The van der Waals surface area contributed by atoms with Crippen molar-refractivity contribution in [1.82, 2.24) is 9.99 Å². The molecule has 0 aliphatic carbocycles. The molecule has 1 heterocycles. The molecule has 3 aromatic rings. The number of halogens is 1. The maximum absolute atomic E-state index is 12.4. The van der Waals surface area contributed by atoms with E-state index >= 15 is 0 Å². The Balaban J connectivity index is 1.94. The molecule has 6 nitrogen and oxygen atoms in total. The van der Waals surface area contributed by atoms with Crippen LogP contribution in [0.1, 0.15) is 15.9 Å². The molecule has 0 aliphatic heterocycles. The molecule has 0 unspecified atom stereocenters. The van der Waals surface area contributed by atoms with E-state index in [4.69, 9.17) is 11.6 Å². The molecule has 2 N–H and O–H groups in total. The molecule has 7 heteroatoms. The van der Waals surface area contributed by atoms with E-state index in [1.807, 2.05) is 0 Å². The second-order valence-corrected chi connectivity index (χ2v) is 5.80. The van der Waals surface area contributed by atoms with Crippen LogP contribution in [0, 0.1) is 0 Å². The molecule has 0 fully saturated rings. The highest BCUT2D eigenvalue weighted by Crippen LogP contribution is 2.25. The summed E-state index contributed by atoms with van der Waals surface area (Å²) >= 11 is 5.87. The third-order valence-corrected chi connectivity index (χ3v) is 3.97. The van der Waals surface area contributed by atoms with Crippen molar-refractivity contribution in [3.8, 4) is 5.75 Å². The molecule has 0 saturated carbocycles. The standard InChI is InChI=1S/C18H14ClN3O3/c1-22-14-8-3-2-7-13(14)16(23)15(18(22)25)17(24)21-20-10-11-5-4-6-12(19)9-11/h2-10,23H,1H3,(H,21,24)/b20-10+. The number of aryl methyl sites for hydroxylation is 1. The van der Waals surface area contributed by atoms with Crippen molar-refractivity contribution >= 4 is 34.6 Å². The average molecular weight is 356 g/mol. The summed E-state index contributed by atoms with van der Waals surface area (Å²) in [5.41, 5.74) is 2.51. The van der Waals surface area contributed by atoms with Crippen molar-refractivity contribution < 1.29 is 9.90 Å². The Morgan fingerprint density at radius 2 is 2.00 bits per heavy atom. The van der Waals surface area contributed by atoms with Gasteiger partial charge in [-0.2, -0.15) is 5.10 Å². The number of carbonyl (C=O) groups is 1. The second kappa shape index (κ2) is 6.78. The molecule has 0 atom stereocenters. The largest absolute Gasteiger partial charge is 0.506 e. The maximum Gasteiger partial charge on any atom is 0.280 e. The molecule has 1 amide bonds. The number of para-hydroxylation sites is 1. The summed E-state index contributed by atoms with van der Waals surface area (Å²) in [7, 11) is 1.54. The van der Waals surface area contributed by atoms with Gasteiger partial charge in [-0.15, -0.1) is 0 Å². The van der Waals surface area contributed by atoms with Gasteiger partial charge < -0.3 is 9.67 Å². The van der Waals surface area contributed by atoms with Crippen molar-refractivity contribution in [3.05, 3.63) is 75.0 Å². The van der Waals surface area contributed by atoms with Crippen molar-refractivity contribution in [2.75, 3.05) is 0 Å². The minimum absolute atomic E-state index is 0.357. The topological polar surface area (TPSA) is 83.7 Å². The number of hydrogen-bond donors (Lipinski definition) is 2. The molecule has 0 spiro atoms. The molecule has 0 saturated heterocycles. The fourth-order valence-electron chi connectivity index (χ4n) is 2.49. The van der Waals surface area contributed by atoms with Gasteiger partial charge in [0, 0.05) is 17.5 Å². The van der Waals surface area contributed by atoms with Crippen molar-refractivity contribution in [1.29, 1.82) is 0 Å². The van der Waals surface area contributed by atoms with Crippen LogP contribution in [0.4, 0.5) is 0 Å². The molecule has 3 rings (SSSR count). The fraction of sp³-hybridized carbons (Fsp3) is 0.0556. The predicted octanol–water partition coefficient (Wildman–Crippen LogP) is 2.66. The number of hydrogen-bond acceptors (Lipinski definition) is 4. The van der Waals surface area contributed by atoms with Crippen LogP contribution in [0.15, 0.2) is 58.4 Å². The lowest BCUT2D eigenvalue weighted by molar-refractivity contribution is 0.0950. The van der Waals surface area contributed by atoms with E-state index in [0.29, 0.717) is 21.5 Å². The molecule has 126 valence electrons. The minimum atomic E-state index is -0.790. The zero-order chi connectivity index (χ0) is 18.0. The summed E-state index contributed by atoms with van der Waals surface area (Å²) in [4.78, 5) is 24.7. The van der Waals surface area contributed by atoms with E-state index in [2.05, 4.69) is 10.5 Å². The number of nitrogens with zero attached hydrogens (tertiary/aromatic N) is 2. The number of amides is 1. The smallest absolute Gasteiger partial charge is 0.280 e. The molecule has 0 aliphatic rings. The first kappa shape index (κ1) is 16.7. The van der Waals surface area contributed by atoms with Gasteiger partial charge in [-0.25, -0.2) is 5.43 Å². The lowest BCUT2D eigenvalue weighted by atomic mass is 10.1. The highest BCUT2D eigenvalue weighted by Gasteiger charge is 2.20. The molecule has 1 aromatic heterocycles. The summed E-state index contributed by atoms with van der Waals surface area (Å²) in [6, 6.07) is 13.7. The Kier molecular flexibility index (Phi) is 4.54. The van der Waals surface area contributed by atoms with Gasteiger partial charge in [-0.3, -0.25) is 9.59 Å². The Labute approximate surface area is 148 Å². The van der Waals surface area contributed by atoms with Gasteiger partial charge in [0.05, 0.1) is 11.7 Å². The Morgan fingerprint density at radius 3 is 2.76 bits per heavy atom. The fourth-order valence-corrected chi connectivity index (χ4v) is 2.69. The summed E-state index contributed by atoms with van der Waals surface area (Å²) in [5, 5.41) is 15.1. The van der Waals surface area contributed by atoms with Crippen LogP contribution in [0.2, 0.25) is 5.02 Å². The molecule has 0 radical (unpaired) electrons. The number of nitrogens with one attached hydrogen (secondary N) is 1. The van der Waals surface area contributed by atoms with Gasteiger partial charge in [0.2, 0.25) is 0 Å². The molecular weight excluding hydrogens is 342 g/mol. The number of benzene rings is 2. The number of aromatic nitrogens is 1. The van der Waals surface area contributed by atoms with Crippen LogP contribution < -0.4 is 11.0 Å². The first-order valence-electron chi connectivity index (χ1n) is 7.38. The number of carbonyl (C=O) groups excluding carboxylic acids is 1. The average Bonchev–Trinajstić information content (AvgIpc) is 2.60. The van der Waals surface area contributed by atoms with Gasteiger partial charge in [0.25, 0.3) is 11.5 Å². The van der Waals surface area contributed by atoms with Gasteiger partial charge in [0.1, 0.15) is 11.3 Å². The third-order valence-electron chi connectivity index (χ3n) is 3.73. The number of aromatic hydroxyl groups is 1. The van der Waals surface area contributed by atoms with Gasteiger partial charge in [-0.05, 0) is 29.8 Å². The normalized spacial score (nSPS) is 11.1. The van der Waals surface area contributed by atoms with Crippen LogP contribution in [-0.4, -0.2) is 21.8 Å². The van der Waals surface area contributed by atoms with Crippen LogP contribution in [0.5, 0.6) is 5.75 Å². The molecular formula is C18H14ClN3O3. The molecule has 25 heavy (non-hydrogen) atoms. The summed E-state index contributed by atoms with van der Waals surface area (Å²) in [5.74, 6) is -1.16. The first-order chi connectivity index (χ1) is 12.0. The molecule has 2 aromatic carbocycles. The third kappa shape index (κ3) is 3.25. The van der Waals surface area contributed by atoms with Gasteiger partial charge in [0.15, 0.2) is 0 Å². The lowest BCUT2D eigenvalue weighted by Gasteiger charge is -2.10. The summed E-state index contributed by atoms with van der Waals surface area (Å²) < 4.78 is 1.31. The van der Waals surface area contributed by atoms with E-state index < -0.39 is 11.5 Å². The minimum Gasteiger partial charge on any atom is -0.506 e. The Hall–Kier alpha value is -3.12. The van der Waals surface area contributed by atoms with Crippen molar-refractivity contribution in [2.24, 2.45) is 12.1 Å². The van der Waals surface area contributed by atoms with Crippen LogP contribution in [0.3, 0.4) is 0 Å². The quantitative estimate of drug-likeness (QED) is 0.559. The number of hydrazone groups is 1. The number of pyridine rings is 1. The molecule has 0 bridgehead atoms. The monoisotopic (exact) mass is 355 g/mol. The zero-order valence-electron chi connectivity index (χ0n) is 13.2. The highest BCUT2D eigenvalue weighted by molar-refractivity contribution is 6.30. The van der Waals surface area contributed by atoms with E-state index in [1.165, 1.54) is 17.8 Å². The second-order valence-electron chi connectivity index (χ2n) is 5.36. The van der Waals surface area contributed by atoms with Gasteiger partial charge in [-0.1, -0.05) is 35.9 Å². The Morgan fingerprint density at radius 1 is 1.24 bits per heavy atom. The summed E-state index contributed by atoms with van der Waals surface area (Å²) in [6.45, 7) is 0. The zero-order valence-corrected chi connectivity index (χ0v) is 14.0. The van der Waals surface area contributed by atoms with E-state index in [-0.39, 0.29) is 11.3 Å². The number of rotatable bonds is 3. The summed E-state index contributed by atoms with van der Waals surface area (Å²) in [6.07, 6.45) is 1.40. The predicted molar refractivity (Wildman–Crippen MR) is 97.4 cm³/mol. The van der Waals surface area contributed by atoms with Crippen LogP contribution >= 0.6 is 11.6 Å². The van der Waals surface area contributed by atoms with Crippen molar-refractivity contribution in [2.45, 2.75) is 0 Å². The highest BCUT2D eigenvalue weighted by atomic mass is 35.5. The SMILES string of the molecule is Cn1c(=O)c(C(=O)N/N=C/c2cccc(Cl)c2)c(O)c2ccccc21. The van der Waals surface area contributed by atoms with Crippen LogP contribution in [-0.2, 0) is 7.05 Å². The first-order valence-corrected chi connectivity index (χ1v) is 7.76. The lowest BCUT2D eigenvalue weighted by Crippen LogP contribution is -2.30. The van der Waals surface area contributed by atoms with E-state index in [0.717, 1.165) is 0 Å². The van der Waals surface area contributed by atoms with E-state index in [9.17, 15) is 14.7 Å². The van der Waals surface area contributed by atoms with Crippen molar-refractivity contribution in [3.63, 3.8) is 0 Å². The number of fused-ring (bicyclic) bond motifs is 1. The van der Waals surface area contributed by atoms with Crippen LogP contribution in [0.25, 0.3) is 10.9 Å². The van der Waals surface area contributed by atoms with E-state index in [1.54, 1.807) is 48.5 Å². The maximum atomic E-state index is 12.4. The van der Waals surface area contributed by atoms with Gasteiger partial charge >= 0.3 is 0 Å².